The van der Waals surface area contributed by atoms with E-state index in [1.165, 1.54) is 11.1 Å². The largest absolute Gasteiger partial charge is 0.364 e. The summed E-state index contributed by atoms with van der Waals surface area (Å²) in [6.07, 6.45) is 1.39. The van der Waals surface area contributed by atoms with Gasteiger partial charge in [-0.2, -0.15) is 0 Å². The molecule has 17 heavy (non-hydrogen) atoms. The average molecular weight is 268 g/mol. The molecule has 2 atom stereocenters. The van der Waals surface area contributed by atoms with Crippen LogP contribution < -0.4 is 0 Å². The molecule has 0 N–H and O–H groups in total. The van der Waals surface area contributed by atoms with Crippen LogP contribution in [0.25, 0.3) is 0 Å². The summed E-state index contributed by atoms with van der Waals surface area (Å²) < 4.78 is 53.8. The van der Waals surface area contributed by atoms with Gasteiger partial charge in [0.2, 0.25) is 0 Å². The first kappa shape index (κ1) is 21.6. The van der Waals surface area contributed by atoms with Gasteiger partial charge in [0, 0.05) is 27.4 Å². The smallest absolute Gasteiger partial charge is 0.0869 e. The summed E-state index contributed by atoms with van der Waals surface area (Å²) in [5.74, 6) is 0. The molecule has 0 aromatic rings. The van der Waals surface area contributed by atoms with E-state index < -0.39 is 0 Å². The third-order valence-corrected chi connectivity index (χ3v) is 3.11. The minimum absolute atomic E-state index is 0.0174. The standard InChI is InChI=1S/C10H18O.3F2/c1-6-10(5)8(3)7(2)9(4)11-10;3*1-2/h9H,6H2,1-5H3;;;/t9-,10+;;;/m0.../s1. The van der Waals surface area contributed by atoms with Crippen molar-refractivity contribution in [1.82, 2.24) is 0 Å². The molecule has 0 saturated carbocycles. The van der Waals surface area contributed by atoms with Crippen molar-refractivity contribution in [3.63, 3.8) is 0 Å². The molecular weight excluding hydrogens is 250 g/mol. The van der Waals surface area contributed by atoms with Gasteiger partial charge in [-0.1, -0.05) is 6.92 Å². The fourth-order valence-corrected chi connectivity index (χ4v) is 1.64. The van der Waals surface area contributed by atoms with Gasteiger partial charge in [-0.05, 0) is 45.3 Å². The Balaban J connectivity index is -0.000000285. The zero-order valence-electron chi connectivity index (χ0n) is 10.5. The van der Waals surface area contributed by atoms with E-state index in [9.17, 15) is 0 Å². The lowest BCUT2D eigenvalue weighted by atomic mass is 9.93. The summed E-state index contributed by atoms with van der Waals surface area (Å²) in [4.78, 5) is 0. The highest BCUT2D eigenvalue weighted by Crippen LogP contribution is 2.37. The molecule has 1 aliphatic heterocycles. The highest BCUT2D eigenvalue weighted by Gasteiger charge is 2.35. The highest BCUT2D eigenvalue weighted by atomic mass is 20.0. The van der Waals surface area contributed by atoms with E-state index in [-0.39, 0.29) is 5.60 Å². The predicted molar refractivity (Wildman–Crippen MR) is 54.3 cm³/mol. The molecule has 0 aliphatic carbocycles. The van der Waals surface area contributed by atoms with Gasteiger partial charge in [0.25, 0.3) is 0 Å². The van der Waals surface area contributed by atoms with Crippen LogP contribution in [0.5, 0.6) is 0 Å². The van der Waals surface area contributed by atoms with E-state index in [0.29, 0.717) is 6.10 Å². The van der Waals surface area contributed by atoms with Gasteiger partial charge in [0.05, 0.1) is 11.7 Å². The first-order valence-corrected chi connectivity index (χ1v) is 4.80. The van der Waals surface area contributed by atoms with Crippen LogP contribution in [0.3, 0.4) is 0 Å². The summed E-state index contributed by atoms with van der Waals surface area (Å²) in [5.41, 5.74) is 2.85. The lowest BCUT2D eigenvalue weighted by Gasteiger charge is -2.24. The molecule has 106 valence electrons. The Hall–Kier alpha value is -0.720. The van der Waals surface area contributed by atoms with Gasteiger partial charge < -0.3 is 4.74 Å². The number of rotatable bonds is 1. The average Bonchev–Trinajstić information content (AvgIpc) is 2.61. The molecule has 1 heterocycles. The quantitative estimate of drug-likeness (QED) is 0.455. The van der Waals surface area contributed by atoms with Crippen molar-refractivity contribution in [3.05, 3.63) is 11.1 Å². The Labute approximate surface area is 97.0 Å². The van der Waals surface area contributed by atoms with Crippen LogP contribution in [0.4, 0.5) is 27.4 Å². The SMILES string of the molecule is CC[C@@]1(C)O[C@@H](C)C(C)=C1C.FF.FF.FF. The Morgan fingerprint density at radius 3 is 1.53 bits per heavy atom. The lowest BCUT2D eigenvalue weighted by molar-refractivity contribution is -0.0134. The topological polar surface area (TPSA) is 9.23 Å². The molecular formula is C10H18F6O. The van der Waals surface area contributed by atoms with Gasteiger partial charge in [0.1, 0.15) is 0 Å². The van der Waals surface area contributed by atoms with Crippen molar-refractivity contribution in [3.8, 4) is 0 Å². The van der Waals surface area contributed by atoms with E-state index >= 15 is 0 Å². The van der Waals surface area contributed by atoms with E-state index in [0.717, 1.165) is 6.42 Å². The molecule has 0 saturated heterocycles. The Morgan fingerprint density at radius 2 is 1.41 bits per heavy atom. The van der Waals surface area contributed by atoms with Gasteiger partial charge >= 0.3 is 0 Å². The Morgan fingerprint density at radius 1 is 1.06 bits per heavy atom. The molecule has 1 nitrogen and oxygen atoms in total. The normalized spacial score (nSPS) is 25.9. The van der Waals surface area contributed by atoms with E-state index in [2.05, 4.69) is 34.6 Å². The minimum Gasteiger partial charge on any atom is -0.364 e. The third-order valence-electron chi connectivity index (χ3n) is 3.11. The molecule has 0 amide bonds. The number of hydrogen-bond acceptors (Lipinski definition) is 1. The Kier molecular flexibility index (Phi) is 14.9. The zero-order chi connectivity index (χ0) is 14.6. The second-order valence-electron chi connectivity index (χ2n) is 3.65. The Bertz CT molecular complexity index is 209. The first-order valence-electron chi connectivity index (χ1n) is 4.80. The summed E-state index contributed by atoms with van der Waals surface area (Å²) in [5, 5.41) is 0. The van der Waals surface area contributed by atoms with Crippen molar-refractivity contribution in [2.45, 2.75) is 52.7 Å². The zero-order valence-corrected chi connectivity index (χ0v) is 10.5. The molecule has 0 unspecified atom stereocenters. The second kappa shape index (κ2) is 11.8. The van der Waals surface area contributed by atoms with Crippen LogP contribution >= 0.6 is 0 Å². The summed E-state index contributed by atoms with van der Waals surface area (Å²) in [6.45, 7) is 10.8. The van der Waals surface area contributed by atoms with E-state index in [1.807, 2.05) is 0 Å². The summed E-state index contributed by atoms with van der Waals surface area (Å²) in [6, 6.07) is 0. The van der Waals surface area contributed by atoms with Crippen molar-refractivity contribution in [2.24, 2.45) is 0 Å². The van der Waals surface area contributed by atoms with Gasteiger partial charge in [0.15, 0.2) is 0 Å². The van der Waals surface area contributed by atoms with Gasteiger partial charge in [-0.3, -0.25) is 0 Å². The lowest BCUT2D eigenvalue weighted by Crippen LogP contribution is -2.26. The molecule has 0 radical (unpaired) electrons. The predicted octanol–water partition coefficient (Wildman–Crippen LogP) is 5.43. The molecule has 0 bridgehead atoms. The van der Waals surface area contributed by atoms with Crippen LogP contribution in [0.2, 0.25) is 0 Å². The molecule has 0 spiro atoms. The van der Waals surface area contributed by atoms with Crippen molar-refractivity contribution in [1.29, 1.82) is 0 Å². The molecule has 7 heteroatoms. The second-order valence-corrected chi connectivity index (χ2v) is 3.65. The van der Waals surface area contributed by atoms with Crippen LogP contribution in [0.15, 0.2) is 11.1 Å². The van der Waals surface area contributed by atoms with E-state index in [4.69, 9.17) is 32.2 Å². The summed E-state index contributed by atoms with van der Waals surface area (Å²) >= 11 is 0. The monoisotopic (exact) mass is 268 g/mol. The maximum absolute atomic E-state index is 8.00. The maximum Gasteiger partial charge on any atom is 0.0869 e. The van der Waals surface area contributed by atoms with Crippen molar-refractivity contribution in [2.75, 3.05) is 0 Å². The van der Waals surface area contributed by atoms with Crippen molar-refractivity contribution < 1.29 is 32.2 Å². The third kappa shape index (κ3) is 5.95. The maximum atomic E-state index is 8.00. The van der Waals surface area contributed by atoms with Crippen LogP contribution in [-0.4, -0.2) is 11.7 Å². The van der Waals surface area contributed by atoms with Crippen molar-refractivity contribution >= 4 is 0 Å². The van der Waals surface area contributed by atoms with Crippen LogP contribution in [-0.2, 0) is 4.74 Å². The van der Waals surface area contributed by atoms with Gasteiger partial charge in [-0.25, -0.2) is 0 Å². The van der Waals surface area contributed by atoms with E-state index in [1.54, 1.807) is 0 Å². The van der Waals surface area contributed by atoms with Crippen LogP contribution in [0, 0.1) is 0 Å². The fourth-order valence-electron chi connectivity index (χ4n) is 1.64. The number of ether oxygens (including phenoxy) is 1. The van der Waals surface area contributed by atoms with Gasteiger partial charge in [-0.15, -0.1) is 0 Å². The highest BCUT2D eigenvalue weighted by molar-refractivity contribution is 5.27. The minimum atomic E-state index is 0.0174. The molecule has 0 aromatic carbocycles. The first-order chi connectivity index (χ1) is 8.01. The number of halogens is 6. The summed E-state index contributed by atoms with van der Waals surface area (Å²) in [7, 11) is 0. The fraction of sp³-hybridized carbons (Fsp3) is 0.800. The molecule has 0 aromatic heterocycles. The molecule has 1 aliphatic rings. The number of hydrogen-bond donors (Lipinski definition) is 0. The van der Waals surface area contributed by atoms with Crippen LogP contribution in [0.1, 0.15) is 41.0 Å². The molecule has 1 rings (SSSR count). The molecule has 0 fully saturated rings.